The number of carboxylic acid groups (broad SMARTS) is 1. The molecule has 1 aromatic carbocycles. The largest absolute Gasteiger partial charge is 0.494 e. The molecule has 1 aromatic heterocycles. The van der Waals surface area contributed by atoms with Crippen molar-refractivity contribution in [3.8, 4) is 11.4 Å². The molecule has 1 saturated carbocycles. The van der Waals surface area contributed by atoms with Crippen LogP contribution in [-0.4, -0.2) is 62.4 Å². The lowest BCUT2D eigenvalue weighted by molar-refractivity contribution is -0.141. The molecule has 1 atom stereocenters. The van der Waals surface area contributed by atoms with E-state index in [2.05, 4.69) is 20.8 Å². The molecule has 2 fully saturated rings. The van der Waals surface area contributed by atoms with Gasteiger partial charge in [-0.15, -0.1) is 5.10 Å². The van der Waals surface area contributed by atoms with Crippen molar-refractivity contribution in [2.24, 2.45) is 5.92 Å². The van der Waals surface area contributed by atoms with Crippen LogP contribution in [0.4, 0.5) is 10.5 Å². The van der Waals surface area contributed by atoms with E-state index < -0.39 is 11.9 Å². The molecular formula is C17H20N6O4. The number of aromatic nitrogens is 4. The van der Waals surface area contributed by atoms with Crippen molar-refractivity contribution in [3.05, 3.63) is 24.0 Å². The summed E-state index contributed by atoms with van der Waals surface area (Å²) in [6.07, 6.45) is 2.57. The number of likely N-dealkylation sites (tertiary alicyclic amines) is 1. The quantitative estimate of drug-likeness (QED) is 0.815. The average molecular weight is 372 g/mol. The zero-order chi connectivity index (χ0) is 19.0. The highest BCUT2D eigenvalue weighted by molar-refractivity contribution is 5.90. The summed E-state index contributed by atoms with van der Waals surface area (Å²) in [5, 5.41) is 23.8. The molecule has 2 amide bonds. The molecule has 0 bridgehead atoms. The molecule has 0 radical (unpaired) electrons. The highest BCUT2D eigenvalue weighted by Crippen LogP contribution is 2.40. The number of urea groups is 1. The van der Waals surface area contributed by atoms with Gasteiger partial charge in [0.15, 0.2) is 5.82 Å². The molecule has 10 nitrogen and oxygen atoms in total. The van der Waals surface area contributed by atoms with Gasteiger partial charge in [-0.25, -0.2) is 4.79 Å². The first-order chi connectivity index (χ1) is 13.1. The third-order valence-corrected chi connectivity index (χ3v) is 4.92. The number of benzene rings is 1. The molecule has 4 rings (SSSR count). The maximum atomic E-state index is 12.5. The molecule has 2 aromatic rings. The Morgan fingerprint density at radius 3 is 2.78 bits per heavy atom. The minimum absolute atomic E-state index is 0.211. The third kappa shape index (κ3) is 3.42. The molecule has 142 valence electrons. The lowest BCUT2D eigenvalue weighted by atomic mass is 10.1. The molecule has 2 N–H and O–H groups in total. The molecule has 1 aliphatic carbocycles. The van der Waals surface area contributed by atoms with E-state index in [4.69, 9.17) is 9.84 Å². The van der Waals surface area contributed by atoms with Gasteiger partial charge < -0.3 is 20.1 Å². The Morgan fingerprint density at radius 1 is 1.30 bits per heavy atom. The van der Waals surface area contributed by atoms with Crippen LogP contribution in [0.5, 0.6) is 5.75 Å². The maximum Gasteiger partial charge on any atom is 0.321 e. The standard InChI is InChI=1S/C17H20N6O4/c1-27-14-5-4-12(18-17(26)22-7-6-11(9-22)16(24)25)8-13(14)23-15(10-2-3-10)19-20-21-23/h4-5,8,10-11H,2-3,6-7,9H2,1H3,(H,18,26)(H,24,25). The van der Waals surface area contributed by atoms with Gasteiger partial charge in [0, 0.05) is 24.7 Å². The Morgan fingerprint density at radius 2 is 2.11 bits per heavy atom. The average Bonchev–Trinajstić information content (AvgIpc) is 3.19. The number of rotatable bonds is 5. The van der Waals surface area contributed by atoms with Gasteiger partial charge in [0.05, 0.1) is 13.0 Å². The lowest BCUT2D eigenvalue weighted by Gasteiger charge is -2.18. The topological polar surface area (TPSA) is 122 Å². The summed E-state index contributed by atoms with van der Waals surface area (Å²) >= 11 is 0. The van der Waals surface area contributed by atoms with Gasteiger partial charge >= 0.3 is 12.0 Å². The van der Waals surface area contributed by atoms with Crippen molar-refractivity contribution >= 4 is 17.7 Å². The van der Waals surface area contributed by atoms with Crippen LogP contribution in [0.25, 0.3) is 5.69 Å². The van der Waals surface area contributed by atoms with Crippen molar-refractivity contribution in [1.82, 2.24) is 25.1 Å². The monoisotopic (exact) mass is 372 g/mol. The van der Waals surface area contributed by atoms with E-state index in [1.807, 2.05) is 0 Å². The second kappa shape index (κ2) is 6.86. The van der Waals surface area contributed by atoms with Gasteiger partial charge in [-0.2, -0.15) is 4.68 Å². The maximum absolute atomic E-state index is 12.5. The number of hydrogen-bond acceptors (Lipinski definition) is 6. The summed E-state index contributed by atoms with van der Waals surface area (Å²) in [4.78, 5) is 25.0. The fourth-order valence-electron chi connectivity index (χ4n) is 3.24. The summed E-state index contributed by atoms with van der Waals surface area (Å²) < 4.78 is 7.06. The van der Waals surface area contributed by atoms with E-state index in [0.717, 1.165) is 18.7 Å². The SMILES string of the molecule is COc1ccc(NC(=O)N2CCC(C(=O)O)C2)cc1-n1nnnc1C1CC1. The van der Waals surface area contributed by atoms with Crippen LogP contribution in [0.3, 0.4) is 0 Å². The predicted octanol–water partition coefficient (Wildman–Crippen LogP) is 1.49. The molecule has 2 aliphatic rings. The number of carboxylic acids is 1. The van der Waals surface area contributed by atoms with Gasteiger partial charge in [0.25, 0.3) is 0 Å². The van der Waals surface area contributed by atoms with Crippen molar-refractivity contribution < 1.29 is 19.4 Å². The summed E-state index contributed by atoms with van der Waals surface area (Å²) in [5.74, 6) is 0.336. The highest BCUT2D eigenvalue weighted by Gasteiger charge is 2.32. The second-order valence-corrected chi connectivity index (χ2v) is 6.81. The molecule has 1 unspecified atom stereocenters. The fourth-order valence-corrected chi connectivity index (χ4v) is 3.24. The number of anilines is 1. The van der Waals surface area contributed by atoms with Crippen molar-refractivity contribution in [3.63, 3.8) is 0 Å². The Hall–Kier alpha value is -3.17. The number of amides is 2. The van der Waals surface area contributed by atoms with E-state index in [0.29, 0.717) is 36.0 Å². The normalized spacial score (nSPS) is 19.1. The van der Waals surface area contributed by atoms with Crippen molar-refractivity contribution in [1.29, 1.82) is 0 Å². The summed E-state index contributed by atoms with van der Waals surface area (Å²) in [6, 6.07) is 4.90. The van der Waals surface area contributed by atoms with Crippen LogP contribution in [0.2, 0.25) is 0 Å². The zero-order valence-corrected chi connectivity index (χ0v) is 14.8. The highest BCUT2D eigenvalue weighted by atomic mass is 16.5. The first-order valence-corrected chi connectivity index (χ1v) is 8.82. The van der Waals surface area contributed by atoms with E-state index in [1.165, 1.54) is 4.90 Å². The van der Waals surface area contributed by atoms with Crippen LogP contribution < -0.4 is 10.1 Å². The zero-order valence-electron chi connectivity index (χ0n) is 14.8. The molecule has 1 saturated heterocycles. The van der Waals surface area contributed by atoms with Gasteiger partial charge in [-0.05, 0) is 47.9 Å². The van der Waals surface area contributed by atoms with E-state index in [1.54, 1.807) is 30.0 Å². The number of nitrogens with one attached hydrogen (secondary N) is 1. The molecule has 1 aliphatic heterocycles. The molecule has 10 heteroatoms. The van der Waals surface area contributed by atoms with Gasteiger partial charge in [-0.1, -0.05) is 0 Å². The molecule has 27 heavy (non-hydrogen) atoms. The Kier molecular flexibility index (Phi) is 4.38. The lowest BCUT2D eigenvalue weighted by Crippen LogP contribution is -2.33. The summed E-state index contributed by atoms with van der Waals surface area (Å²) in [5.41, 5.74) is 1.21. The van der Waals surface area contributed by atoms with E-state index in [9.17, 15) is 9.59 Å². The number of tetrazole rings is 1. The number of methoxy groups -OCH3 is 1. The van der Waals surface area contributed by atoms with Crippen LogP contribution in [0.15, 0.2) is 18.2 Å². The molecule has 2 heterocycles. The Bertz CT molecular complexity index is 878. The van der Waals surface area contributed by atoms with Crippen LogP contribution in [0, 0.1) is 5.92 Å². The number of carbonyl (C=O) groups excluding carboxylic acids is 1. The second-order valence-electron chi connectivity index (χ2n) is 6.81. The Labute approximate surface area is 155 Å². The minimum atomic E-state index is -0.872. The van der Waals surface area contributed by atoms with Crippen LogP contribution >= 0.6 is 0 Å². The van der Waals surface area contributed by atoms with Crippen molar-refractivity contribution in [2.75, 3.05) is 25.5 Å². The van der Waals surface area contributed by atoms with E-state index >= 15 is 0 Å². The molecule has 0 spiro atoms. The van der Waals surface area contributed by atoms with Crippen LogP contribution in [-0.2, 0) is 4.79 Å². The van der Waals surface area contributed by atoms with Gasteiger partial charge in [0.1, 0.15) is 11.4 Å². The minimum Gasteiger partial charge on any atom is -0.494 e. The number of ether oxygens (including phenoxy) is 1. The number of carbonyl (C=O) groups is 2. The van der Waals surface area contributed by atoms with Crippen molar-refractivity contribution in [2.45, 2.75) is 25.2 Å². The predicted molar refractivity (Wildman–Crippen MR) is 94.0 cm³/mol. The summed E-state index contributed by atoms with van der Waals surface area (Å²) in [7, 11) is 1.56. The van der Waals surface area contributed by atoms with Gasteiger partial charge in [0.2, 0.25) is 0 Å². The summed E-state index contributed by atoms with van der Waals surface area (Å²) in [6.45, 7) is 0.633. The number of nitrogens with zero attached hydrogens (tertiary/aromatic N) is 5. The number of aliphatic carboxylic acids is 1. The third-order valence-electron chi connectivity index (χ3n) is 4.92. The number of hydrogen-bond donors (Lipinski definition) is 2. The fraction of sp³-hybridized carbons (Fsp3) is 0.471. The van der Waals surface area contributed by atoms with Crippen LogP contribution in [0.1, 0.15) is 31.0 Å². The molecular weight excluding hydrogens is 352 g/mol. The van der Waals surface area contributed by atoms with Gasteiger partial charge in [-0.3, -0.25) is 4.79 Å². The van der Waals surface area contributed by atoms with E-state index in [-0.39, 0.29) is 12.6 Å². The first-order valence-electron chi connectivity index (χ1n) is 8.82. The smallest absolute Gasteiger partial charge is 0.321 e. The Balaban J connectivity index is 1.55. The first kappa shape index (κ1) is 17.3.